The van der Waals surface area contributed by atoms with E-state index in [9.17, 15) is 14.4 Å². The van der Waals surface area contributed by atoms with Crippen LogP contribution >= 0.6 is 11.8 Å². The number of nitrogens with zero attached hydrogens (tertiary/aromatic N) is 1. The first-order valence-corrected chi connectivity index (χ1v) is 8.15. The molecule has 8 heteroatoms. The fourth-order valence-electron chi connectivity index (χ4n) is 2.41. The van der Waals surface area contributed by atoms with E-state index in [0.717, 1.165) is 0 Å². The topological polar surface area (TPSA) is 82.1 Å². The summed E-state index contributed by atoms with van der Waals surface area (Å²) >= 11 is 1.37. The highest BCUT2D eigenvalue weighted by Gasteiger charge is 2.56. The summed E-state index contributed by atoms with van der Waals surface area (Å²) in [6, 6.07) is -0.890. The standard InChI is InChI=1S/C15H21NO6S/c1-8(17)21-6-9-7-23-13-11(20-5)12(18)16(13)10(9)14(19)22-15(2,3)4/h7,10-11,13H,6H2,1-5H3/t10?,11-,13?/m1/s1. The van der Waals surface area contributed by atoms with Crippen LogP contribution in [0.25, 0.3) is 0 Å². The maximum Gasteiger partial charge on any atom is 0.333 e. The van der Waals surface area contributed by atoms with Gasteiger partial charge in [-0.15, -0.1) is 11.8 Å². The van der Waals surface area contributed by atoms with Crippen LogP contribution in [0.1, 0.15) is 27.7 Å². The average molecular weight is 343 g/mol. The molecule has 2 aliphatic heterocycles. The zero-order chi connectivity index (χ0) is 17.4. The van der Waals surface area contributed by atoms with Crippen molar-refractivity contribution in [3.8, 4) is 0 Å². The summed E-state index contributed by atoms with van der Waals surface area (Å²) in [5.41, 5.74) is -0.156. The summed E-state index contributed by atoms with van der Waals surface area (Å²) in [6.45, 7) is 6.50. The lowest BCUT2D eigenvalue weighted by molar-refractivity contribution is -0.179. The third-order valence-electron chi connectivity index (χ3n) is 3.35. The van der Waals surface area contributed by atoms with Crippen molar-refractivity contribution in [1.82, 2.24) is 4.90 Å². The van der Waals surface area contributed by atoms with Gasteiger partial charge in [-0.3, -0.25) is 9.59 Å². The molecule has 2 rings (SSSR count). The molecule has 0 radical (unpaired) electrons. The number of β-lactam (4-membered cyclic amide) rings is 1. The SMILES string of the molecule is CO[C@@H]1C(=O)N2C(C(=O)OC(C)(C)C)C(COC(C)=O)=CSC12. The van der Waals surface area contributed by atoms with Crippen molar-refractivity contribution in [2.75, 3.05) is 13.7 Å². The molecule has 1 saturated heterocycles. The second kappa shape index (κ2) is 6.52. The third kappa shape index (κ3) is 3.69. The average Bonchev–Trinajstić information content (AvgIpc) is 2.42. The molecule has 1 fully saturated rings. The predicted octanol–water partition coefficient (Wildman–Crippen LogP) is 1.07. The molecule has 1 amide bonds. The molecule has 23 heavy (non-hydrogen) atoms. The Kier molecular flexibility index (Phi) is 5.05. The molecular formula is C15H21NO6S. The molecule has 3 atom stereocenters. The van der Waals surface area contributed by atoms with E-state index in [2.05, 4.69) is 0 Å². The Morgan fingerprint density at radius 1 is 1.35 bits per heavy atom. The summed E-state index contributed by atoms with van der Waals surface area (Å²) in [5, 5.41) is 1.48. The summed E-state index contributed by atoms with van der Waals surface area (Å²) in [5.74, 6) is -1.26. The number of thioether (sulfide) groups is 1. The Hall–Kier alpha value is -1.54. The van der Waals surface area contributed by atoms with Crippen molar-refractivity contribution in [3.05, 3.63) is 11.0 Å². The van der Waals surface area contributed by atoms with E-state index in [1.165, 1.54) is 30.7 Å². The van der Waals surface area contributed by atoms with Crippen LogP contribution in [0.15, 0.2) is 11.0 Å². The second-order valence-corrected chi connectivity index (χ2v) is 7.33. The van der Waals surface area contributed by atoms with Gasteiger partial charge in [0.1, 0.15) is 17.6 Å². The smallest absolute Gasteiger partial charge is 0.333 e. The Morgan fingerprint density at radius 3 is 2.52 bits per heavy atom. The first kappa shape index (κ1) is 17.8. The van der Waals surface area contributed by atoms with Crippen LogP contribution in [-0.2, 0) is 28.6 Å². The molecule has 128 valence electrons. The highest BCUT2D eigenvalue weighted by Crippen LogP contribution is 2.41. The predicted molar refractivity (Wildman–Crippen MR) is 83.4 cm³/mol. The van der Waals surface area contributed by atoms with Crippen molar-refractivity contribution in [2.45, 2.75) is 50.8 Å². The van der Waals surface area contributed by atoms with Crippen molar-refractivity contribution < 1.29 is 28.6 Å². The molecule has 0 N–H and O–H groups in total. The highest BCUT2D eigenvalue weighted by atomic mass is 32.2. The number of carbonyl (C=O) groups excluding carboxylic acids is 3. The van der Waals surface area contributed by atoms with E-state index in [1.807, 2.05) is 0 Å². The maximum atomic E-state index is 12.6. The third-order valence-corrected chi connectivity index (χ3v) is 4.54. The van der Waals surface area contributed by atoms with Crippen LogP contribution in [-0.4, -0.2) is 59.6 Å². The van der Waals surface area contributed by atoms with Gasteiger partial charge in [0.15, 0.2) is 12.1 Å². The van der Waals surface area contributed by atoms with Gasteiger partial charge in [-0.2, -0.15) is 0 Å². The first-order valence-electron chi connectivity index (χ1n) is 7.21. The van der Waals surface area contributed by atoms with Crippen molar-refractivity contribution in [1.29, 1.82) is 0 Å². The molecule has 0 bridgehead atoms. The Morgan fingerprint density at radius 2 is 2.00 bits per heavy atom. The van der Waals surface area contributed by atoms with Crippen molar-refractivity contribution in [2.24, 2.45) is 0 Å². The summed E-state index contributed by atoms with van der Waals surface area (Å²) in [4.78, 5) is 37.3. The lowest BCUT2D eigenvalue weighted by Crippen LogP contribution is -2.70. The van der Waals surface area contributed by atoms with Gasteiger partial charge in [-0.1, -0.05) is 0 Å². The number of rotatable bonds is 4. The number of esters is 2. The molecule has 2 unspecified atom stereocenters. The Bertz CT molecular complexity index is 553. The fraction of sp³-hybridized carbons (Fsp3) is 0.667. The molecular weight excluding hydrogens is 322 g/mol. The zero-order valence-corrected chi connectivity index (χ0v) is 14.6. The van der Waals surface area contributed by atoms with E-state index in [-0.39, 0.29) is 17.9 Å². The zero-order valence-electron chi connectivity index (χ0n) is 13.8. The van der Waals surface area contributed by atoms with Crippen LogP contribution in [0.2, 0.25) is 0 Å². The number of ether oxygens (including phenoxy) is 3. The number of fused-ring (bicyclic) bond motifs is 1. The maximum absolute atomic E-state index is 12.6. The monoisotopic (exact) mass is 343 g/mol. The number of amides is 1. The first-order chi connectivity index (χ1) is 10.7. The van der Waals surface area contributed by atoms with Crippen LogP contribution in [0, 0.1) is 0 Å². The van der Waals surface area contributed by atoms with E-state index in [4.69, 9.17) is 14.2 Å². The van der Waals surface area contributed by atoms with E-state index in [1.54, 1.807) is 26.2 Å². The Balaban J connectivity index is 2.24. The molecule has 7 nitrogen and oxygen atoms in total. The van der Waals surface area contributed by atoms with Crippen LogP contribution in [0.4, 0.5) is 0 Å². The summed E-state index contributed by atoms with van der Waals surface area (Å²) in [7, 11) is 1.46. The van der Waals surface area contributed by atoms with Gasteiger partial charge in [0.25, 0.3) is 5.91 Å². The molecule has 0 aromatic heterocycles. The molecule has 0 aliphatic carbocycles. The molecule has 0 aromatic carbocycles. The number of methoxy groups -OCH3 is 1. The summed E-state index contributed by atoms with van der Waals surface area (Å²) in [6.07, 6.45) is -0.573. The highest BCUT2D eigenvalue weighted by molar-refractivity contribution is 8.02. The van der Waals surface area contributed by atoms with Crippen LogP contribution in [0.3, 0.4) is 0 Å². The molecule has 0 spiro atoms. The van der Waals surface area contributed by atoms with Gasteiger partial charge >= 0.3 is 11.9 Å². The van der Waals surface area contributed by atoms with Crippen molar-refractivity contribution >= 4 is 29.6 Å². The van der Waals surface area contributed by atoms with E-state index < -0.39 is 29.7 Å². The van der Waals surface area contributed by atoms with Crippen molar-refractivity contribution in [3.63, 3.8) is 0 Å². The van der Waals surface area contributed by atoms with Crippen LogP contribution < -0.4 is 0 Å². The van der Waals surface area contributed by atoms with Gasteiger partial charge in [0, 0.05) is 19.6 Å². The van der Waals surface area contributed by atoms with E-state index in [0.29, 0.717) is 5.57 Å². The lowest BCUT2D eigenvalue weighted by atomic mass is 9.99. The largest absolute Gasteiger partial charge is 0.461 e. The van der Waals surface area contributed by atoms with Gasteiger partial charge in [0.2, 0.25) is 0 Å². The summed E-state index contributed by atoms with van der Waals surface area (Å²) < 4.78 is 15.6. The Labute approximate surface area is 139 Å². The minimum atomic E-state index is -0.890. The van der Waals surface area contributed by atoms with E-state index >= 15 is 0 Å². The minimum Gasteiger partial charge on any atom is -0.461 e. The number of hydrogen-bond donors (Lipinski definition) is 0. The second-order valence-electron chi connectivity index (χ2n) is 6.34. The lowest BCUT2D eigenvalue weighted by Gasteiger charge is -2.51. The van der Waals surface area contributed by atoms with Gasteiger partial charge < -0.3 is 19.1 Å². The van der Waals surface area contributed by atoms with Gasteiger partial charge in [-0.25, -0.2) is 4.79 Å². The number of carbonyl (C=O) groups is 3. The normalized spacial score (nSPS) is 26.8. The van der Waals surface area contributed by atoms with Gasteiger partial charge in [-0.05, 0) is 26.2 Å². The number of hydrogen-bond acceptors (Lipinski definition) is 7. The fourth-order valence-corrected chi connectivity index (χ4v) is 3.65. The quantitative estimate of drug-likeness (QED) is 0.558. The molecule has 0 saturated carbocycles. The van der Waals surface area contributed by atoms with Gasteiger partial charge in [0.05, 0.1) is 0 Å². The van der Waals surface area contributed by atoms with Crippen LogP contribution in [0.5, 0.6) is 0 Å². The minimum absolute atomic E-state index is 0.0552. The molecule has 2 heterocycles. The molecule has 2 aliphatic rings. The molecule has 0 aromatic rings.